The molecule has 0 fully saturated rings. The Kier molecular flexibility index (Phi) is 5.18. The Morgan fingerprint density at radius 1 is 1.42 bits per heavy atom. The molecule has 5 heteroatoms. The standard InChI is InChI=1S/C7H15O4P/c1-10-7(8)5-4-6-11-12(2,3)9/h4-6H2,1-3H3. The van der Waals surface area contributed by atoms with Gasteiger partial charge in [-0.25, -0.2) is 0 Å². The number of hydrogen-bond donors (Lipinski definition) is 0. The van der Waals surface area contributed by atoms with Crippen molar-refractivity contribution in [3.8, 4) is 0 Å². The van der Waals surface area contributed by atoms with E-state index in [-0.39, 0.29) is 5.97 Å². The number of carbonyl (C=O) groups is 1. The fourth-order valence-corrected chi connectivity index (χ4v) is 1.17. The van der Waals surface area contributed by atoms with Crippen LogP contribution < -0.4 is 0 Å². The van der Waals surface area contributed by atoms with Crippen molar-refractivity contribution in [1.29, 1.82) is 0 Å². The second-order valence-electron chi connectivity index (χ2n) is 2.76. The van der Waals surface area contributed by atoms with Crippen molar-refractivity contribution in [3.05, 3.63) is 0 Å². The van der Waals surface area contributed by atoms with E-state index in [1.807, 2.05) is 0 Å². The van der Waals surface area contributed by atoms with E-state index in [4.69, 9.17) is 4.52 Å². The van der Waals surface area contributed by atoms with Crippen LogP contribution in [-0.4, -0.2) is 33.0 Å². The molecule has 0 bridgehead atoms. The van der Waals surface area contributed by atoms with Gasteiger partial charge >= 0.3 is 5.97 Å². The first-order chi connectivity index (χ1) is 5.45. The van der Waals surface area contributed by atoms with Crippen molar-refractivity contribution >= 4 is 13.3 Å². The van der Waals surface area contributed by atoms with E-state index in [1.54, 1.807) is 13.3 Å². The van der Waals surface area contributed by atoms with E-state index in [9.17, 15) is 9.36 Å². The predicted octanol–water partition coefficient (Wildman–Crippen LogP) is 1.49. The Hall–Kier alpha value is -0.340. The zero-order chi connectivity index (χ0) is 9.61. The molecule has 0 aliphatic rings. The highest BCUT2D eigenvalue weighted by atomic mass is 31.2. The van der Waals surface area contributed by atoms with Gasteiger partial charge in [0, 0.05) is 19.8 Å². The van der Waals surface area contributed by atoms with Gasteiger partial charge in [0.2, 0.25) is 0 Å². The Morgan fingerprint density at radius 3 is 2.42 bits per heavy atom. The first kappa shape index (κ1) is 11.7. The minimum Gasteiger partial charge on any atom is -0.469 e. The second-order valence-corrected chi connectivity index (χ2v) is 5.53. The molecule has 0 heterocycles. The van der Waals surface area contributed by atoms with Crippen LogP contribution in [0, 0.1) is 0 Å². The van der Waals surface area contributed by atoms with Crippen molar-refractivity contribution in [3.63, 3.8) is 0 Å². The van der Waals surface area contributed by atoms with Crippen molar-refractivity contribution < 1.29 is 18.6 Å². The predicted molar refractivity (Wildman–Crippen MR) is 46.7 cm³/mol. The Bertz CT molecular complexity index is 184. The maximum absolute atomic E-state index is 11.0. The lowest BCUT2D eigenvalue weighted by atomic mass is 10.3. The van der Waals surface area contributed by atoms with Gasteiger partial charge in [-0.05, 0) is 6.42 Å². The molecule has 0 radical (unpaired) electrons. The molecule has 12 heavy (non-hydrogen) atoms. The molecular formula is C7H15O4P. The number of hydrogen-bond acceptors (Lipinski definition) is 4. The summed E-state index contributed by atoms with van der Waals surface area (Å²) >= 11 is 0. The summed E-state index contributed by atoms with van der Waals surface area (Å²) in [7, 11) is -1.05. The van der Waals surface area contributed by atoms with Crippen LogP contribution in [0.2, 0.25) is 0 Å². The van der Waals surface area contributed by atoms with E-state index < -0.39 is 7.37 Å². The van der Waals surface area contributed by atoms with Gasteiger partial charge in [-0.3, -0.25) is 9.36 Å². The summed E-state index contributed by atoms with van der Waals surface area (Å²) in [5, 5.41) is 0. The molecule has 72 valence electrons. The van der Waals surface area contributed by atoms with Crippen molar-refractivity contribution in [1.82, 2.24) is 0 Å². The van der Waals surface area contributed by atoms with Gasteiger partial charge in [0.15, 0.2) is 7.37 Å². The third kappa shape index (κ3) is 7.76. The first-order valence-electron chi connectivity index (χ1n) is 3.72. The Labute approximate surface area is 72.7 Å². The quantitative estimate of drug-likeness (QED) is 0.378. The monoisotopic (exact) mass is 194 g/mol. The number of carbonyl (C=O) groups excluding carboxylic acids is 1. The van der Waals surface area contributed by atoms with Crippen LogP contribution in [0.15, 0.2) is 0 Å². The number of methoxy groups -OCH3 is 1. The molecule has 0 unspecified atom stereocenters. The third-order valence-corrected chi connectivity index (χ3v) is 1.96. The van der Waals surface area contributed by atoms with Gasteiger partial charge in [-0.15, -0.1) is 0 Å². The molecule has 0 saturated carbocycles. The van der Waals surface area contributed by atoms with E-state index in [0.717, 1.165) is 0 Å². The molecular weight excluding hydrogens is 179 g/mol. The lowest BCUT2D eigenvalue weighted by Crippen LogP contribution is -2.02. The van der Waals surface area contributed by atoms with Crippen molar-refractivity contribution in [2.45, 2.75) is 12.8 Å². The molecule has 0 rings (SSSR count). The maximum atomic E-state index is 11.0. The van der Waals surface area contributed by atoms with E-state index in [2.05, 4.69) is 4.74 Å². The highest BCUT2D eigenvalue weighted by Crippen LogP contribution is 2.37. The summed E-state index contributed by atoms with van der Waals surface area (Å²) in [5.74, 6) is -0.263. The third-order valence-electron chi connectivity index (χ3n) is 1.16. The van der Waals surface area contributed by atoms with E-state index in [0.29, 0.717) is 19.4 Å². The zero-order valence-corrected chi connectivity index (χ0v) is 8.60. The van der Waals surface area contributed by atoms with Crippen LogP contribution >= 0.6 is 7.37 Å². The normalized spacial score (nSPS) is 11.2. The van der Waals surface area contributed by atoms with E-state index >= 15 is 0 Å². The van der Waals surface area contributed by atoms with Crippen LogP contribution in [0.4, 0.5) is 0 Å². The molecule has 0 N–H and O–H groups in total. The van der Waals surface area contributed by atoms with Gasteiger partial charge in [-0.2, -0.15) is 0 Å². The van der Waals surface area contributed by atoms with Crippen LogP contribution in [0.1, 0.15) is 12.8 Å². The number of esters is 1. The molecule has 0 amide bonds. The molecule has 0 aromatic rings. The molecule has 0 atom stereocenters. The molecule has 0 aromatic heterocycles. The lowest BCUT2D eigenvalue weighted by molar-refractivity contribution is -0.140. The summed E-state index contributed by atoms with van der Waals surface area (Å²) in [4.78, 5) is 10.6. The smallest absolute Gasteiger partial charge is 0.305 e. The Balaban J connectivity index is 3.34. The second kappa shape index (κ2) is 5.33. The lowest BCUT2D eigenvalue weighted by Gasteiger charge is -2.06. The van der Waals surface area contributed by atoms with Gasteiger partial charge in [-0.1, -0.05) is 0 Å². The number of ether oxygens (including phenoxy) is 1. The summed E-state index contributed by atoms with van der Waals surface area (Å²) in [6.07, 6.45) is 0.870. The average Bonchev–Trinajstić information content (AvgIpc) is 1.96. The number of rotatable bonds is 5. The summed E-state index contributed by atoms with van der Waals surface area (Å²) in [6, 6.07) is 0. The van der Waals surface area contributed by atoms with Crippen LogP contribution in [0.25, 0.3) is 0 Å². The fraction of sp³-hybridized carbons (Fsp3) is 0.857. The molecule has 4 nitrogen and oxygen atoms in total. The minimum absolute atomic E-state index is 0.263. The van der Waals surface area contributed by atoms with Gasteiger partial charge in [0.05, 0.1) is 13.7 Å². The maximum Gasteiger partial charge on any atom is 0.305 e. The molecule has 0 aliphatic carbocycles. The molecule has 0 aromatic carbocycles. The SMILES string of the molecule is COC(=O)CCCOP(C)(C)=O. The van der Waals surface area contributed by atoms with Crippen molar-refractivity contribution in [2.75, 3.05) is 27.0 Å². The van der Waals surface area contributed by atoms with Crippen LogP contribution in [0.3, 0.4) is 0 Å². The molecule has 0 spiro atoms. The molecule has 0 aliphatic heterocycles. The van der Waals surface area contributed by atoms with Gasteiger partial charge < -0.3 is 9.26 Å². The Morgan fingerprint density at radius 2 is 2.00 bits per heavy atom. The highest BCUT2D eigenvalue weighted by Gasteiger charge is 2.06. The minimum atomic E-state index is -2.39. The summed E-state index contributed by atoms with van der Waals surface area (Å²) < 4.78 is 20.4. The van der Waals surface area contributed by atoms with Crippen LogP contribution in [0.5, 0.6) is 0 Å². The fourth-order valence-electron chi connectivity index (χ4n) is 0.603. The largest absolute Gasteiger partial charge is 0.469 e. The zero-order valence-electron chi connectivity index (χ0n) is 7.70. The van der Waals surface area contributed by atoms with Crippen LogP contribution in [-0.2, 0) is 18.6 Å². The highest BCUT2D eigenvalue weighted by molar-refractivity contribution is 7.57. The van der Waals surface area contributed by atoms with Gasteiger partial charge in [0.1, 0.15) is 0 Å². The summed E-state index contributed by atoms with van der Waals surface area (Å²) in [5.41, 5.74) is 0. The topological polar surface area (TPSA) is 52.6 Å². The first-order valence-corrected chi connectivity index (χ1v) is 6.24. The van der Waals surface area contributed by atoms with E-state index in [1.165, 1.54) is 7.11 Å². The van der Waals surface area contributed by atoms with Crippen molar-refractivity contribution in [2.24, 2.45) is 0 Å². The molecule has 0 saturated heterocycles. The summed E-state index contributed by atoms with van der Waals surface area (Å²) in [6.45, 7) is 3.44. The van der Waals surface area contributed by atoms with Gasteiger partial charge in [0.25, 0.3) is 0 Å². The average molecular weight is 194 g/mol.